The van der Waals surface area contributed by atoms with E-state index in [4.69, 9.17) is 11.6 Å². The first kappa shape index (κ1) is 20.7. The van der Waals surface area contributed by atoms with E-state index in [1.807, 2.05) is 24.3 Å². The number of carbonyl (C=O) groups is 1. The minimum atomic E-state index is -3.52. The lowest BCUT2D eigenvalue weighted by Gasteiger charge is -2.20. The van der Waals surface area contributed by atoms with E-state index in [9.17, 15) is 13.2 Å². The Balaban J connectivity index is 1.34. The molecular weight excluding hydrogens is 428 g/mol. The molecule has 1 aliphatic heterocycles. The molecule has 2 aromatic carbocycles. The number of sulfonamides is 1. The number of thioether (sulfide) groups is 1. The number of hydrogen-bond donors (Lipinski definition) is 1. The van der Waals surface area contributed by atoms with Crippen molar-refractivity contribution < 1.29 is 13.2 Å². The van der Waals surface area contributed by atoms with Crippen LogP contribution in [0.25, 0.3) is 0 Å². The monoisotopic (exact) mass is 450 g/mol. The van der Waals surface area contributed by atoms with Gasteiger partial charge in [0.2, 0.25) is 15.9 Å². The summed E-state index contributed by atoms with van der Waals surface area (Å²) in [6.07, 6.45) is 2.31. The Morgan fingerprint density at radius 1 is 1.14 bits per heavy atom. The van der Waals surface area contributed by atoms with Crippen molar-refractivity contribution in [1.82, 2.24) is 9.62 Å². The molecule has 5 nitrogen and oxygen atoms in total. The molecule has 1 amide bonds. The molecular formula is C21H23ClN2O3S2. The second-order valence-electron chi connectivity index (χ2n) is 7.51. The van der Waals surface area contributed by atoms with Crippen molar-refractivity contribution in [2.75, 3.05) is 13.1 Å². The molecule has 1 atom stereocenters. The molecule has 0 bridgehead atoms. The quantitative estimate of drug-likeness (QED) is 0.698. The standard InChI is InChI=1S/C21H23ClN2O3S2/c22-19-9-5-4-6-16(19)15-28-21(11-12-21)20(25)23-17-10-13-24(14-17)29(26,27)18-7-2-1-3-8-18/h1-9,17H,10-15H2,(H,23,25)/t17-/m0/s1. The van der Waals surface area contributed by atoms with E-state index in [1.165, 1.54) is 4.31 Å². The van der Waals surface area contributed by atoms with E-state index in [1.54, 1.807) is 42.1 Å². The summed E-state index contributed by atoms with van der Waals surface area (Å²) in [5, 5.41) is 3.80. The van der Waals surface area contributed by atoms with Crippen molar-refractivity contribution >= 4 is 39.3 Å². The fourth-order valence-corrected chi connectivity index (χ4v) is 6.57. The Kier molecular flexibility index (Phi) is 5.93. The van der Waals surface area contributed by atoms with E-state index in [2.05, 4.69) is 5.32 Å². The Hall–Kier alpha value is -1.54. The third-order valence-corrected chi connectivity index (χ3v) is 9.30. The highest BCUT2D eigenvalue weighted by molar-refractivity contribution is 8.01. The minimum Gasteiger partial charge on any atom is -0.351 e. The first-order valence-corrected chi connectivity index (χ1v) is 12.4. The van der Waals surface area contributed by atoms with Crippen molar-refractivity contribution in [3.8, 4) is 0 Å². The van der Waals surface area contributed by atoms with Crippen LogP contribution in [0.3, 0.4) is 0 Å². The largest absolute Gasteiger partial charge is 0.351 e. The Labute approximate surface area is 180 Å². The summed E-state index contributed by atoms with van der Waals surface area (Å²) in [5.74, 6) is 0.699. The van der Waals surface area contributed by atoms with Gasteiger partial charge in [-0.15, -0.1) is 11.8 Å². The molecule has 8 heteroatoms. The van der Waals surface area contributed by atoms with Crippen LogP contribution in [0.5, 0.6) is 0 Å². The van der Waals surface area contributed by atoms with Gasteiger partial charge in [0.25, 0.3) is 0 Å². The lowest BCUT2D eigenvalue weighted by molar-refractivity contribution is -0.121. The smallest absolute Gasteiger partial charge is 0.243 e. The van der Waals surface area contributed by atoms with Crippen molar-refractivity contribution in [3.63, 3.8) is 0 Å². The average molecular weight is 451 g/mol. The molecule has 0 spiro atoms. The first-order chi connectivity index (χ1) is 13.9. The molecule has 1 heterocycles. The molecule has 1 aliphatic carbocycles. The number of halogens is 1. The number of hydrogen-bond acceptors (Lipinski definition) is 4. The maximum Gasteiger partial charge on any atom is 0.243 e. The molecule has 0 aromatic heterocycles. The Morgan fingerprint density at radius 2 is 1.83 bits per heavy atom. The summed E-state index contributed by atoms with van der Waals surface area (Å²) in [6, 6.07) is 16.0. The van der Waals surface area contributed by atoms with Gasteiger partial charge >= 0.3 is 0 Å². The second-order valence-corrected chi connectivity index (χ2v) is 11.2. The molecule has 2 fully saturated rings. The van der Waals surface area contributed by atoms with Crippen LogP contribution in [0, 0.1) is 0 Å². The summed E-state index contributed by atoms with van der Waals surface area (Å²) in [4.78, 5) is 13.2. The van der Waals surface area contributed by atoms with Gasteiger partial charge in [0.15, 0.2) is 0 Å². The zero-order valence-electron chi connectivity index (χ0n) is 15.9. The van der Waals surface area contributed by atoms with Crippen LogP contribution < -0.4 is 5.32 Å². The first-order valence-electron chi connectivity index (χ1n) is 9.64. The van der Waals surface area contributed by atoms with Gasteiger partial charge in [-0.05, 0) is 43.0 Å². The molecule has 2 aliphatic rings. The lowest BCUT2D eigenvalue weighted by atomic mass is 10.2. The molecule has 0 unspecified atom stereocenters. The topological polar surface area (TPSA) is 66.5 Å². The Morgan fingerprint density at radius 3 is 2.52 bits per heavy atom. The van der Waals surface area contributed by atoms with E-state index >= 15 is 0 Å². The van der Waals surface area contributed by atoms with Crippen molar-refractivity contribution in [1.29, 1.82) is 0 Å². The zero-order chi connectivity index (χ0) is 20.5. The molecule has 1 saturated heterocycles. The molecule has 0 radical (unpaired) electrons. The zero-order valence-corrected chi connectivity index (χ0v) is 18.3. The molecule has 1 saturated carbocycles. The van der Waals surface area contributed by atoms with Gasteiger partial charge in [-0.25, -0.2) is 8.42 Å². The molecule has 154 valence electrons. The second kappa shape index (κ2) is 8.30. The number of carbonyl (C=O) groups excluding carboxylic acids is 1. The van der Waals surface area contributed by atoms with Crippen LogP contribution >= 0.6 is 23.4 Å². The van der Waals surface area contributed by atoms with E-state index in [0.717, 1.165) is 18.4 Å². The number of nitrogens with one attached hydrogen (secondary N) is 1. The summed E-state index contributed by atoms with van der Waals surface area (Å²) < 4.78 is 26.6. The van der Waals surface area contributed by atoms with E-state index < -0.39 is 14.8 Å². The van der Waals surface area contributed by atoms with Crippen LogP contribution in [0.15, 0.2) is 59.5 Å². The number of amides is 1. The fraction of sp³-hybridized carbons (Fsp3) is 0.381. The number of nitrogens with zero attached hydrogens (tertiary/aromatic N) is 1. The highest BCUT2D eigenvalue weighted by atomic mass is 35.5. The van der Waals surface area contributed by atoms with Gasteiger partial charge in [-0.3, -0.25) is 4.79 Å². The van der Waals surface area contributed by atoms with Crippen molar-refractivity contribution in [2.24, 2.45) is 0 Å². The van der Waals surface area contributed by atoms with Crippen LogP contribution in [-0.2, 0) is 20.6 Å². The summed E-state index contributed by atoms with van der Waals surface area (Å²) >= 11 is 7.85. The van der Waals surface area contributed by atoms with Gasteiger partial charge in [0.1, 0.15) is 0 Å². The van der Waals surface area contributed by atoms with Gasteiger partial charge in [-0.2, -0.15) is 4.31 Å². The van der Waals surface area contributed by atoms with Gasteiger partial charge in [0.05, 0.1) is 9.64 Å². The van der Waals surface area contributed by atoms with Crippen molar-refractivity contribution in [2.45, 2.75) is 40.7 Å². The molecule has 4 rings (SSSR count). The summed E-state index contributed by atoms with van der Waals surface area (Å²) in [7, 11) is -3.52. The van der Waals surface area contributed by atoms with E-state index in [0.29, 0.717) is 35.2 Å². The maximum atomic E-state index is 12.9. The van der Waals surface area contributed by atoms with Crippen LogP contribution in [0.4, 0.5) is 0 Å². The summed E-state index contributed by atoms with van der Waals surface area (Å²) in [5.41, 5.74) is 1.03. The van der Waals surface area contributed by atoms with Gasteiger partial charge in [-0.1, -0.05) is 48.0 Å². The van der Waals surface area contributed by atoms with Gasteiger partial charge < -0.3 is 5.32 Å². The number of rotatable bonds is 7. The summed E-state index contributed by atoms with van der Waals surface area (Å²) in [6.45, 7) is 0.732. The van der Waals surface area contributed by atoms with Crippen molar-refractivity contribution in [3.05, 3.63) is 65.2 Å². The highest BCUT2D eigenvalue weighted by Gasteiger charge is 2.51. The third-order valence-electron chi connectivity index (χ3n) is 5.45. The predicted octanol–water partition coefficient (Wildman–Crippen LogP) is 3.69. The normalized spacial score (nSPS) is 21.1. The molecule has 2 aromatic rings. The Bertz CT molecular complexity index is 994. The SMILES string of the molecule is O=C(N[C@H]1CCN(S(=O)(=O)c2ccccc2)C1)C1(SCc2ccccc2Cl)CC1. The van der Waals surface area contributed by atoms with Gasteiger partial charge in [0, 0.05) is 29.9 Å². The highest BCUT2D eigenvalue weighted by Crippen LogP contribution is 2.50. The average Bonchev–Trinajstić information content (AvgIpc) is 3.38. The van der Waals surface area contributed by atoms with Crippen LogP contribution in [-0.4, -0.2) is 42.5 Å². The third kappa shape index (κ3) is 4.48. The van der Waals surface area contributed by atoms with Crippen LogP contribution in [0.2, 0.25) is 5.02 Å². The van der Waals surface area contributed by atoms with E-state index in [-0.39, 0.29) is 11.9 Å². The molecule has 1 N–H and O–H groups in total. The van der Waals surface area contributed by atoms with Crippen LogP contribution in [0.1, 0.15) is 24.8 Å². The number of benzene rings is 2. The predicted molar refractivity (Wildman–Crippen MR) is 116 cm³/mol. The maximum absolute atomic E-state index is 12.9. The molecule has 29 heavy (non-hydrogen) atoms. The fourth-order valence-electron chi connectivity index (χ4n) is 3.50. The minimum absolute atomic E-state index is 0.0125. The lowest BCUT2D eigenvalue weighted by Crippen LogP contribution is -2.43.